The van der Waals surface area contributed by atoms with Crippen LogP contribution in [0.25, 0.3) is 110 Å². The van der Waals surface area contributed by atoms with Crippen molar-refractivity contribution in [2.24, 2.45) is 0 Å². The second-order valence-corrected chi connectivity index (χ2v) is 13.7. The standard InChI is InChI=1S/C48H28N4O/c1-3-16-30(17-4-1)44-43-36-24-12-14-26-39(36)53-47(43)50-48(49-44)52-37-25-13-11-23-35(37)40-33-21-9-10-22-34(33)42-41-32-20-8-7-15-29(32)27-28-38(41)51(46(42)45(40)52)31-18-5-2-6-19-31/h1-28H. The van der Waals surface area contributed by atoms with Crippen LogP contribution in [0.2, 0.25) is 0 Å². The molecular weight excluding hydrogens is 649 g/mol. The summed E-state index contributed by atoms with van der Waals surface area (Å²) in [6.07, 6.45) is 0. The molecule has 0 bridgehead atoms. The second kappa shape index (κ2) is 10.6. The predicted molar refractivity (Wildman–Crippen MR) is 218 cm³/mol. The second-order valence-electron chi connectivity index (χ2n) is 13.7. The van der Waals surface area contributed by atoms with Crippen LogP contribution in [0.5, 0.6) is 0 Å². The monoisotopic (exact) mass is 676 g/mol. The Labute approximate surface area is 302 Å². The number of fused-ring (bicyclic) bond motifs is 15. The van der Waals surface area contributed by atoms with Gasteiger partial charge in [-0.2, -0.15) is 4.98 Å². The Hall–Kier alpha value is -7.24. The molecule has 0 aliphatic carbocycles. The molecule has 0 saturated heterocycles. The third-order valence-corrected chi connectivity index (χ3v) is 10.9. The van der Waals surface area contributed by atoms with E-state index in [0.29, 0.717) is 11.7 Å². The first-order valence-electron chi connectivity index (χ1n) is 17.9. The van der Waals surface area contributed by atoms with Gasteiger partial charge in [0.05, 0.1) is 33.1 Å². The number of aromatic nitrogens is 4. The van der Waals surface area contributed by atoms with Crippen LogP contribution in [0.3, 0.4) is 0 Å². The summed E-state index contributed by atoms with van der Waals surface area (Å²) in [5.41, 5.74) is 8.64. The number of benzene rings is 8. The van der Waals surface area contributed by atoms with Gasteiger partial charge in [-0.3, -0.25) is 4.57 Å². The van der Waals surface area contributed by atoms with Crippen LogP contribution in [-0.2, 0) is 0 Å². The fraction of sp³-hybridized carbons (Fsp3) is 0. The van der Waals surface area contributed by atoms with Crippen molar-refractivity contribution in [2.45, 2.75) is 0 Å². The number of hydrogen-bond donors (Lipinski definition) is 0. The molecule has 12 rings (SSSR count). The lowest BCUT2D eigenvalue weighted by atomic mass is 9.96. The van der Waals surface area contributed by atoms with Crippen LogP contribution >= 0.6 is 0 Å². The largest absolute Gasteiger partial charge is 0.437 e. The highest BCUT2D eigenvalue weighted by Gasteiger charge is 2.27. The number of nitrogens with zero attached hydrogens (tertiary/aromatic N) is 4. The summed E-state index contributed by atoms with van der Waals surface area (Å²) in [6.45, 7) is 0. The lowest BCUT2D eigenvalue weighted by Gasteiger charge is -2.14. The average Bonchev–Trinajstić information content (AvgIpc) is 3.89. The molecule has 0 unspecified atom stereocenters. The first kappa shape index (κ1) is 28.5. The van der Waals surface area contributed by atoms with Crippen molar-refractivity contribution >= 4 is 87.2 Å². The van der Waals surface area contributed by atoms with Crippen molar-refractivity contribution in [3.63, 3.8) is 0 Å². The van der Waals surface area contributed by atoms with Crippen molar-refractivity contribution in [1.29, 1.82) is 0 Å². The quantitative estimate of drug-likeness (QED) is 0.187. The van der Waals surface area contributed by atoms with Gasteiger partial charge in [0.25, 0.3) is 0 Å². The van der Waals surface area contributed by atoms with Gasteiger partial charge in [0.15, 0.2) is 0 Å². The molecule has 0 aliphatic heterocycles. The van der Waals surface area contributed by atoms with Crippen molar-refractivity contribution in [2.75, 3.05) is 0 Å². The van der Waals surface area contributed by atoms with Crippen LogP contribution in [0.4, 0.5) is 0 Å². The molecule has 0 fully saturated rings. The Morgan fingerprint density at radius 2 is 1.02 bits per heavy atom. The van der Waals surface area contributed by atoms with Crippen molar-refractivity contribution in [1.82, 2.24) is 19.1 Å². The van der Waals surface area contributed by atoms with E-state index in [0.717, 1.165) is 60.8 Å². The molecule has 0 aliphatic rings. The molecule has 8 aromatic carbocycles. The molecular formula is C48H28N4O. The topological polar surface area (TPSA) is 48.8 Å². The Morgan fingerprint density at radius 1 is 0.396 bits per heavy atom. The van der Waals surface area contributed by atoms with Gasteiger partial charge in [-0.25, -0.2) is 4.98 Å². The van der Waals surface area contributed by atoms with Gasteiger partial charge in [-0.1, -0.05) is 140 Å². The van der Waals surface area contributed by atoms with E-state index in [1.54, 1.807) is 0 Å². The Kier molecular flexibility index (Phi) is 5.71. The van der Waals surface area contributed by atoms with Gasteiger partial charge >= 0.3 is 0 Å². The zero-order valence-electron chi connectivity index (χ0n) is 28.4. The summed E-state index contributed by atoms with van der Waals surface area (Å²) in [5, 5.41) is 11.5. The average molecular weight is 677 g/mol. The minimum Gasteiger partial charge on any atom is -0.437 e. The van der Waals surface area contributed by atoms with Crippen LogP contribution in [0.15, 0.2) is 174 Å². The van der Waals surface area contributed by atoms with E-state index in [1.807, 2.05) is 24.3 Å². The fourth-order valence-corrected chi connectivity index (χ4v) is 8.77. The summed E-state index contributed by atoms with van der Waals surface area (Å²) in [6, 6.07) is 60.0. The molecule has 0 atom stereocenters. The fourth-order valence-electron chi connectivity index (χ4n) is 8.77. The van der Waals surface area contributed by atoms with Crippen LogP contribution in [-0.4, -0.2) is 19.1 Å². The zero-order chi connectivity index (χ0) is 34.6. The molecule has 0 amide bonds. The molecule has 12 aromatic rings. The van der Waals surface area contributed by atoms with E-state index in [1.165, 1.54) is 37.7 Å². The van der Waals surface area contributed by atoms with E-state index >= 15 is 0 Å². The highest BCUT2D eigenvalue weighted by molar-refractivity contribution is 6.39. The van der Waals surface area contributed by atoms with Crippen molar-refractivity contribution in [3.05, 3.63) is 170 Å². The third-order valence-electron chi connectivity index (χ3n) is 10.9. The lowest BCUT2D eigenvalue weighted by molar-refractivity contribution is 0.651. The molecule has 0 spiro atoms. The van der Waals surface area contributed by atoms with Gasteiger partial charge in [0, 0.05) is 38.2 Å². The molecule has 4 heterocycles. The summed E-state index contributed by atoms with van der Waals surface area (Å²) in [5.74, 6) is 0.563. The molecule has 246 valence electrons. The van der Waals surface area contributed by atoms with E-state index in [-0.39, 0.29) is 0 Å². The van der Waals surface area contributed by atoms with E-state index in [2.05, 4.69) is 155 Å². The minimum atomic E-state index is 0.563. The van der Waals surface area contributed by atoms with Crippen molar-refractivity contribution < 1.29 is 4.42 Å². The molecule has 0 N–H and O–H groups in total. The maximum absolute atomic E-state index is 6.55. The normalized spacial score (nSPS) is 12.2. The SMILES string of the molecule is c1ccc(-c2nc(-n3c4ccccc4c4c5ccccc5c5c6c7ccccc7ccc6n(-c6ccccc6)c5c43)nc3oc4ccccc4c23)cc1. The number of rotatable bonds is 3. The van der Waals surface area contributed by atoms with Gasteiger partial charge in [0.1, 0.15) is 5.58 Å². The first-order valence-corrected chi connectivity index (χ1v) is 17.9. The molecule has 0 radical (unpaired) electrons. The highest BCUT2D eigenvalue weighted by atomic mass is 16.3. The molecule has 5 nitrogen and oxygen atoms in total. The summed E-state index contributed by atoms with van der Waals surface area (Å²) in [4.78, 5) is 10.8. The first-order chi connectivity index (χ1) is 26.3. The third kappa shape index (κ3) is 3.85. The Balaban J connectivity index is 1.37. The maximum Gasteiger partial charge on any atom is 0.238 e. The Bertz CT molecular complexity index is 3450. The predicted octanol–water partition coefficient (Wildman–Crippen LogP) is 12.5. The smallest absolute Gasteiger partial charge is 0.238 e. The molecule has 53 heavy (non-hydrogen) atoms. The van der Waals surface area contributed by atoms with Crippen LogP contribution in [0, 0.1) is 0 Å². The number of para-hydroxylation sites is 3. The van der Waals surface area contributed by atoms with Gasteiger partial charge in [-0.05, 0) is 51.9 Å². The van der Waals surface area contributed by atoms with E-state index < -0.39 is 0 Å². The zero-order valence-corrected chi connectivity index (χ0v) is 28.4. The number of hydrogen-bond acceptors (Lipinski definition) is 3. The highest BCUT2D eigenvalue weighted by Crippen LogP contribution is 2.48. The van der Waals surface area contributed by atoms with E-state index in [9.17, 15) is 0 Å². The summed E-state index contributed by atoms with van der Waals surface area (Å²) < 4.78 is 11.3. The Morgan fingerprint density at radius 3 is 1.83 bits per heavy atom. The van der Waals surface area contributed by atoms with E-state index in [4.69, 9.17) is 14.4 Å². The minimum absolute atomic E-state index is 0.563. The molecule has 0 saturated carbocycles. The lowest BCUT2D eigenvalue weighted by Crippen LogP contribution is -2.04. The van der Waals surface area contributed by atoms with Gasteiger partial charge in [0.2, 0.25) is 11.7 Å². The van der Waals surface area contributed by atoms with Gasteiger partial charge in [-0.15, -0.1) is 0 Å². The summed E-state index contributed by atoms with van der Waals surface area (Å²) in [7, 11) is 0. The van der Waals surface area contributed by atoms with Crippen LogP contribution in [0.1, 0.15) is 0 Å². The molecule has 4 aromatic heterocycles. The van der Waals surface area contributed by atoms with Crippen molar-refractivity contribution in [3.8, 4) is 22.9 Å². The van der Waals surface area contributed by atoms with Crippen LogP contribution < -0.4 is 0 Å². The summed E-state index contributed by atoms with van der Waals surface area (Å²) >= 11 is 0. The molecule has 5 heteroatoms. The number of furan rings is 1. The van der Waals surface area contributed by atoms with Gasteiger partial charge < -0.3 is 8.98 Å². The maximum atomic E-state index is 6.55.